The number of benzene rings is 1. The number of amides is 1. The fourth-order valence-electron chi connectivity index (χ4n) is 2.62. The molecule has 0 aliphatic carbocycles. The molecule has 1 aliphatic rings. The van der Waals surface area contributed by atoms with Gasteiger partial charge in [-0.1, -0.05) is 18.2 Å². The van der Waals surface area contributed by atoms with E-state index in [1.165, 1.54) is 0 Å². The van der Waals surface area contributed by atoms with Crippen molar-refractivity contribution in [2.24, 2.45) is 0 Å². The second kappa shape index (κ2) is 8.04. The third-order valence-electron chi connectivity index (χ3n) is 3.73. The van der Waals surface area contributed by atoms with Gasteiger partial charge in [0.25, 0.3) is 11.9 Å². The second-order valence-electron chi connectivity index (χ2n) is 5.58. The van der Waals surface area contributed by atoms with Crippen molar-refractivity contribution in [2.45, 2.75) is 31.8 Å². The number of hydrogen-bond acceptors (Lipinski definition) is 4. The molecule has 5 nitrogen and oxygen atoms in total. The molecule has 2 atom stereocenters. The summed E-state index contributed by atoms with van der Waals surface area (Å²) in [5, 5.41) is 6.38. The quantitative estimate of drug-likeness (QED) is 0.898. The minimum Gasteiger partial charge on any atom is -0.426 e. The maximum absolute atomic E-state index is 12.2. The largest absolute Gasteiger partial charge is 0.426 e. The van der Waals surface area contributed by atoms with Gasteiger partial charge in [0.1, 0.15) is 5.75 Å². The standard InChI is InChI=1S/C17H20N2O3.ClH/c1-12-11-13(9-10-18-12)19-17(20)15-7-8-16(22-15)21-14-5-3-2-4-6-14;/h2-8,12-13,18H,9-11H2,1H3,(H,19,20);1H. The van der Waals surface area contributed by atoms with Crippen molar-refractivity contribution in [2.75, 3.05) is 6.54 Å². The fraction of sp³-hybridized carbons (Fsp3) is 0.353. The third kappa shape index (κ3) is 4.74. The zero-order valence-corrected chi connectivity index (χ0v) is 13.8. The van der Waals surface area contributed by atoms with Crippen LogP contribution in [0.15, 0.2) is 46.9 Å². The van der Waals surface area contributed by atoms with E-state index >= 15 is 0 Å². The first kappa shape index (κ1) is 17.4. The van der Waals surface area contributed by atoms with Crippen LogP contribution in [0, 0.1) is 0 Å². The average Bonchev–Trinajstić information content (AvgIpc) is 2.97. The molecule has 124 valence electrons. The Labute approximate surface area is 141 Å². The molecule has 1 fully saturated rings. The lowest BCUT2D eigenvalue weighted by Gasteiger charge is -2.28. The van der Waals surface area contributed by atoms with Crippen LogP contribution in [-0.4, -0.2) is 24.5 Å². The second-order valence-corrected chi connectivity index (χ2v) is 5.58. The van der Waals surface area contributed by atoms with E-state index in [0.29, 0.717) is 17.7 Å². The molecule has 2 N–H and O–H groups in total. The first-order chi connectivity index (χ1) is 10.7. The van der Waals surface area contributed by atoms with Gasteiger partial charge in [-0.25, -0.2) is 0 Å². The first-order valence-electron chi connectivity index (χ1n) is 7.57. The summed E-state index contributed by atoms with van der Waals surface area (Å²) in [5.74, 6) is 1.07. The maximum Gasteiger partial charge on any atom is 0.290 e. The lowest BCUT2D eigenvalue weighted by Crippen LogP contribution is -2.46. The third-order valence-corrected chi connectivity index (χ3v) is 3.73. The molecule has 2 aromatic rings. The van der Waals surface area contributed by atoms with E-state index in [4.69, 9.17) is 9.15 Å². The minimum absolute atomic E-state index is 0. The van der Waals surface area contributed by atoms with Crippen molar-refractivity contribution in [3.05, 3.63) is 48.2 Å². The summed E-state index contributed by atoms with van der Waals surface area (Å²) in [6, 6.07) is 13.2. The van der Waals surface area contributed by atoms with E-state index in [0.717, 1.165) is 19.4 Å². The predicted octanol–water partition coefficient (Wildman–Crippen LogP) is 3.36. The van der Waals surface area contributed by atoms with E-state index in [-0.39, 0.29) is 30.1 Å². The highest BCUT2D eigenvalue weighted by atomic mass is 35.5. The van der Waals surface area contributed by atoms with E-state index in [1.54, 1.807) is 12.1 Å². The van der Waals surface area contributed by atoms with E-state index in [2.05, 4.69) is 17.6 Å². The molecule has 1 saturated heterocycles. The number of halogens is 1. The number of para-hydroxylation sites is 1. The highest BCUT2D eigenvalue weighted by molar-refractivity contribution is 5.91. The summed E-state index contributed by atoms with van der Waals surface area (Å²) < 4.78 is 11.0. The summed E-state index contributed by atoms with van der Waals surface area (Å²) in [5.41, 5.74) is 0. The topological polar surface area (TPSA) is 63.5 Å². The van der Waals surface area contributed by atoms with Gasteiger partial charge in [-0.05, 0) is 44.5 Å². The summed E-state index contributed by atoms with van der Waals surface area (Å²) in [7, 11) is 0. The molecule has 1 aliphatic heterocycles. The fourth-order valence-corrected chi connectivity index (χ4v) is 2.62. The number of carbonyl (C=O) groups is 1. The highest BCUT2D eigenvalue weighted by Gasteiger charge is 2.22. The summed E-state index contributed by atoms with van der Waals surface area (Å²) >= 11 is 0. The molecule has 1 aromatic heterocycles. The minimum atomic E-state index is -0.193. The van der Waals surface area contributed by atoms with Crippen LogP contribution in [0.25, 0.3) is 0 Å². The van der Waals surface area contributed by atoms with Gasteiger partial charge in [0.05, 0.1) is 0 Å². The number of nitrogens with one attached hydrogen (secondary N) is 2. The van der Waals surface area contributed by atoms with Gasteiger partial charge in [0.15, 0.2) is 5.76 Å². The van der Waals surface area contributed by atoms with E-state index in [9.17, 15) is 4.79 Å². The van der Waals surface area contributed by atoms with Gasteiger partial charge in [0, 0.05) is 18.2 Å². The Morgan fingerprint density at radius 2 is 2.04 bits per heavy atom. The molecule has 2 unspecified atom stereocenters. The highest BCUT2D eigenvalue weighted by Crippen LogP contribution is 2.23. The molecule has 3 rings (SSSR count). The summed E-state index contributed by atoms with van der Waals surface area (Å²) in [6.45, 7) is 3.05. The Balaban J connectivity index is 0.00000192. The van der Waals surface area contributed by atoms with Crippen molar-refractivity contribution in [1.82, 2.24) is 10.6 Å². The number of piperidine rings is 1. The van der Waals surface area contributed by atoms with Crippen molar-refractivity contribution in [3.63, 3.8) is 0 Å². The number of carbonyl (C=O) groups excluding carboxylic acids is 1. The summed E-state index contributed by atoms with van der Waals surface area (Å²) in [4.78, 5) is 12.2. The van der Waals surface area contributed by atoms with Crippen molar-refractivity contribution in [3.8, 4) is 11.7 Å². The number of hydrogen-bond donors (Lipinski definition) is 2. The van der Waals surface area contributed by atoms with Crippen LogP contribution >= 0.6 is 12.4 Å². The Morgan fingerprint density at radius 3 is 2.78 bits per heavy atom. The lowest BCUT2D eigenvalue weighted by molar-refractivity contribution is 0.0892. The van der Waals surface area contributed by atoms with Crippen LogP contribution in [0.2, 0.25) is 0 Å². The lowest BCUT2D eigenvalue weighted by atomic mass is 10.0. The molecule has 0 radical (unpaired) electrons. The molecule has 6 heteroatoms. The summed E-state index contributed by atoms with van der Waals surface area (Å²) in [6.07, 6.45) is 1.87. The van der Waals surface area contributed by atoms with E-state index in [1.807, 2.05) is 30.3 Å². The van der Waals surface area contributed by atoms with Crippen LogP contribution in [0.5, 0.6) is 11.7 Å². The molecule has 0 spiro atoms. The number of rotatable bonds is 4. The zero-order valence-electron chi connectivity index (χ0n) is 13.0. The smallest absolute Gasteiger partial charge is 0.290 e. The number of furan rings is 1. The van der Waals surface area contributed by atoms with Gasteiger partial charge >= 0.3 is 0 Å². The Bertz CT molecular complexity index is 630. The first-order valence-corrected chi connectivity index (χ1v) is 7.57. The van der Waals surface area contributed by atoms with Gasteiger partial charge < -0.3 is 19.8 Å². The predicted molar refractivity (Wildman–Crippen MR) is 90.4 cm³/mol. The Hall–Kier alpha value is -1.98. The van der Waals surface area contributed by atoms with Crippen LogP contribution in [-0.2, 0) is 0 Å². The van der Waals surface area contributed by atoms with Crippen LogP contribution < -0.4 is 15.4 Å². The SMILES string of the molecule is CC1CC(NC(=O)c2ccc(Oc3ccccc3)o2)CCN1.Cl. The molecular formula is C17H21ClN2O3. The van der Waals surface area contributed by atoms with Gasteiger partial charge in [-0.3, -0.25) is 4.79 Å². The average molecular weight is 337 g/mol. The normalized spacial score (nSPS) is 20.4. The molecular weight excluding hydrogens is 316 g/mol. The van der Waals surface area contributed by atoms with Gasteiger partial charge in [-0.15, -0.1) is 12.4 Å². The van der Waals surface area contributed by atoms with Crippen molar-refractivity contribution < 1.29 is 13.9 Å². The molecule has 0 bridgehead atoms. The maximum atomic E-state index is 12.2. The molecule has 23 heavy (non-hydrogen) atoms. The van der Waals surface area contributed by atoms with Crippen LogP contribution in [0.1, 0.15) is 30.3 Å². The molecule has 0 saturated carbocycles. The Kier molecular flexibility index (Phi) is 6.07. The van der Waals surface area contributed by atoms with Crippen LogP contribution in [0.4, 0.5) is 0 Å². The van der Waals surface area contributed by atoms with Gasteiger partial charge in [0.2, 0.25) is 0 Å². The monoisotopic (exact) mass is 336 g/mol. The number of ether oxygens (including phenoxy) is 1. The van der Waals surface area contributed by atoms with Crippen molar-refractivity contribution in [1.29, 1.82) is 0 Å². The van der Waals surface area contributed by atoms with Gasteiger partial charge in [-0.2, -0.15) is 0 Å². The Morgan fingerprint density at radius 1 is 1.26 bits per heavy atom. The van der Waals surface area contributed by atoms with E-state index < -0.39 is 0 Å². The molecule has 2 heterocycles. The van der Waals surface area contributed by atoms with Crippen molar-refractivity contribution >= 4 is 18.3 Å². The molecule has 1 amide bonds. The van der Waals surface area contributed by atoms with Crippen LogP contribution in [0.3, 0.4) is 0 Å². The molecule has 1 aromatic carbocycles. The zero-order chi connectivity index (χ0) is 15.4.